The van der Waals surface area contributed by atoms with Gasteiger partial charge in [-0.2, -0.15) is 0 Å². The predicted octanol–water partition coefficient (Wildman–Crippen LogP) is 4.66. The van der Waals surface area contributed by atoms with Crippen LogP contribution in [-0.4, -0.2) is 40.4 Å². The van der Waals surface area contributed by atoms with Crippen molar-refractivity contribution in [2.45, 2.75) is 32.0 Å². The topological polar surface area (TPSA) is 114 Å². The van der Waals surface area contributed by atoms with Gasteiger partial charge in [0, 0.05) is 30.5 Å². The molecule has 2 atom stereocenters. The van der Waals surface area contributed by atoms with Gasteiger partial charge in [-0.25, -0.2) is 4.79 Å². The Morgan fingerprint density at radius 1 is 0.974 bits per heavy atom. The molecule has 0 aliphatic carbocycles. The molecule has 9 heteroatoms. The van der Waals surface area contributed by atoms with Crippen molar-refractivity contribution < 1.29 is 23.5 Å². The summed E-state index contributed by atoms with van der Waals surface area (Å²) in [4.78, 5) is 44.7. The smallest absolute Gasteiger partial charge is 0.411 e. The second kappa shape index (κ2) is 11.6. The lowest BCUT2D eigenvalue weighted by Gasteiger charge is -2.25. The Labute approximate surface area is 225 Å². The molecule has 2 unspecified atom stereocenters. The fraction of sp³-hybridized carbons (Fsp3) is 0.200. The Hall–Kier alpha value is -4.92. The second-order valence-electron chi connectivity index (χ2n) is 9.22. The van der Waals surface area contributed by atoms with Crippen LogP contribution in [0.3, 0.4) is 0 Å². The van der Waals surface area contributed by atoms with E-state index in [1.807, 2.05) is 49.4 Å². The number of ether oxygens (including phenoxy) is 1. The number of nitrogens with zero attached hydrogens (tertiary/aromatic N) is 2. The van der Waals surface area contributed by atoms with Crippen molar-refractivity contribution in [3.05, 3.63) is 119 Å². The van der Waals surface area contributed by atoms with Crippen molar-refractivity contribution in [1.29, 1.82) is 0 Å². The minimum absolute atomic E-state index is 0.193. The third-order valence-corrected chi connectivity index (χ3v) is 6.60. The van der Waals surface area contributed by atoms with Gasteiger partial charge in [0.2, 0.25) is 5.91 Å². The average Bonchev–Trinajstić information content (AvgIpc) is 3.60. The van der Waals surface area contributed by atoms with Crippen LogP contribution in [0, 0.1) is 6.92 Å². The summed E-state index contributed by atoms with van der Waals surface area (Å²) in [5, 5.41) is 5.72. The van der Waals surface area contributed by atoms with Crippen LogP contribution in [-0.2, 0) is 22.5 Å². The van der Waals surface area contributed by atoms with Gasteiger partial charge in [0.05, 0.1) is 12.8 Å². The normalized spacial score (nSPS) is 16.5. The fourth-order valence-electron chi connectivity index (χ4n) is 4.50. The molecule has 0 bridgehead atoms. The Balaban J connectivity index is 1.35. The summed E-state index contributed by atoms with van der Waals surface area (Å²) in [7, 11) is 0. The molecule has 0 saturated carbocycles. The molecular formula is C30H28N4O5. The van der Waals surface area contributed by atoms with E-state index in [0.717, 1.165) is 16.8 Å². The van der Waals surface area contributed by atoms with Gasteiger partial charge in [0.1, 0.15) is 0 Å². The first kappa shape index (κ1) is 25.7. The lowest BCUT2D eigenvalue weighted by molar-refractivity contribution is -0.126. The summed E-state index contributed by atoms with van der Waals surface area (Å²) in [5.41, 5.74) is 3.98. The zero-order chi connectivity index (χ0) is 27.2. The van der Waals surface area contributed by atoms with E-state index in [1.54, 1.807) is 42.6 Å². The highest BCUT2D eigenvalue weighted by Gasteiger charge is 2.47. The number of rotatable bonds is 9. The zero-order valence-electron chi connectivity index (χ0n) is 21.4. The molecule has 2 aromatic carbocycles. The molecule has 3 amide bonds. The number of pyridine rings is 1. The third kappa shape index (κ3) is 5.98. The molecule has 2 aromatic heterocycles. The number of aromatic nitrogens is 1. The number of cyclic esters (lactones) is 1. The summed E-state index contributed by atoms with van der Waals surface area (Å²) < 4.78 is 10.9. The number of amides is 3. The van der Waals surface area contributed by atoms with Crippen molar-refractivity contribution in [1.82, 2.24) is 15.2 Å². The number of benzene rings is 2. The summed E-state index contributed by atoms with van der Waals surface area (Å²) in [6.45, 7) is 2.56. The Bertz CT molecular complexity index is 1440. The molecule has 1 aliphatic rings. The first-order valence-corrected chi connectivity index (χ1v) is 12.6. The molecule has 1 fully saturated rings. The highest BCUT2D eigenvalue weighted by Crippen LogP contribution is 2.35. The van der Waals surface area contributed by atoms with E-state index >= 15 is 0 Å². The molecule has 2 N–H and O–H groups in total. The SMILES string of the molecule is Cc1ccccc1CN1C(=O)OC(c2ccc(NC(=O)c3ccco3)cc2)C1C(=O)NCCc1ccccn1. The molecule has 4 aromatic rings. The number of nitrogens with one attached hydrogen (secondary N) is 2. The van der Waals surface area contributed by atoms with Crippen LogP contribution in [0.2, 0.25) is 0 Å². The number of hydrogen-bond donors (Lipinski definition) is 2. The van der Waals surface area contributed by atoms with Crippen LogP contribution >= 0.6 is 0 Å². The largest absolute Gasteiger partial charge is 0.459 e. The minimum atomic E-state index is -0.885. The van der Waals surface area contributed by atoms with Crippen LogP contribution in [0.15, 0.2) is 95.7 Å². The van der Waals surface area contributed by atoms with Gasteiger partial charge >= 0.3 is 6.09 Å². The van der Waals surface area contributed by atoms with Crippen molar-refractivity contribution in [3.63, 3.8) is 0 Å². The fourth-order valence-corrected chi connectivity index (χ4v) is 4.50. The maximum atomic E-state index is 13.5. The first-order valence-electron chi connectivity index (χ1n) is 12.6. The number of aryl methyl sites for hydroxylation is 1. The Kier molecular flexibility index (Phi) is 7.68. The maximum absolute atomic E-state index is 13.5. The van der Waals surface area contributed by atoms with Crippen LogP contribution in [0.4, 0.5) is 10.5 Å². The molecule has 3 heterocycles. The Morgan fingerprint density at radius 3 is 2.49 bits per heavy atom. The summed E-state index contributed by atoms with van der Waals surface area (Å²) in [5.74, 6) is -0.502. The first-order chi connectivity index (χ1) is 19.0. The van der Waals surface area contributed by atoms with Crippen molar-refractivity contribution in [2.75, 3.05) is 11.9 Å². The minimum Gasteiger partial charge on any atom is -0.459 e. The standard InChI is InChI=1S/C30H28N4O5/c1-20-7-2-3-8-22(20)19-34-26(29(36)32-17-15-23-9-4-5-16-31-23)27(39-30(34)37)21-11-13-24(14-12-21)33-28(35)25-10-6-18-38-25/h2-14,16,18,26-27H,15,17,19H2,1H3,(H,32,36)(H,33,35). The van der Waals surface area contributed by atoms with E-state index in [1.165, 1.54) is 11.2 Å². The molecule has 9 nitrogen and oxygen atoms in total. The number of hydrogen-bond acceptors (Lipinski definition) is 6. The average molecular weight is 525 g/mol. The summed E-state index contributed by atoms with van der Waals surface area (Å²) >= 11 is 0. The molecule has 0 radical (unpaired) electrons. The predicted molar refractivity (Wildman–Crippen MR) is 144 cm³/mol. The van der Waals surface area contributed by atoms with Crippen LogP contribution in [0.25, 0.3) is 0 Å². The van der Waals surface area contributed by atoms with Gasteiger partial charge in [-0.1, -0.05) is 42.5 Å². The van der Waals surface area contributed by atoms with Gasteiger partial charge in [0.15, 0.2) is 17.9 Å². The van der Waals surface area contributed by atoms with E-state index in [-0.39, 0.29) is 24.1 Å². The quantitative estimate of drug-likeness (QED) is 0.329. The summed E-state index contributed by atoms with van der Waals surface area (Å²) in [6, 6.07) is 22.6. The van der Waals surface area contributed by atoms with Crippen molar-refractivity contribution >= 4 is 23.6 Å². The molecule has 5 rings (SSSR count). The molecular weight excluding hydrogens is 496 g/mol. The molecule has 1 saturated heterocycles. The molecule has 0 spiro atoms. The van der Waals surface area contributed by atoms with Crippen molar-refractivity contribution in [2.24, 2.45) is 0 Å². The highest BCUT2D eigenvalue weighted by atomic mass is 16.6. The monoisotopic (exact) mass is 524 g/mol. The van der Waals surface area contributed by atoms with E-state index < -0.39 is 18.2 Å². The number of carbonyl (C=O) groups is 3. The molecule has 1 aliphatic heterocycles. The van der Waals surface area contributed by atoms with Crippen LogP contribution in [0.1, 0.15) is 39.0 Å². The van der Waals surface area contributed by atoms with Gasteiger partial charge in [-0.15, -0.1) is 0 Å². The van der Waals surface area contributed by atoms with Gasteiger partial charge in [-0.05, 0) is 60.0 Å². The van der Waals surface area contributed by atoms with Gasteiger partial charge in [0.25, 0.3) is 5.91 Å². The Morgan fingerprint density at radius 2 is 1.77 bits per heavy atom. The lowest BCUT2D eigenvalue weighted by Crippen LogP contribution is -2.46. The second-order valence-corrected chi connectivity index (χ2v) is 9.22. The van der Waals surface area contributed by atoms with E-state index in [9.17, 15) is 14.4 Å². The van der Waals surface area contributed by atoms with Crippen LogP contribution in [0.5, 0.6) is 0 Å². The van der Waals surface area contributed by atoms with E-state index in [4.69, 9.17) is 9.15 Å². The third-order valence-electron chi connectivity index (χ3n) is 6.60. The van der Waals surface area contributed by atoms with Crippen LogP contribution < -0.4 is 10.6 Å². The van der Waals surface area contributed by atoms with E-state index in [2.05, 4.69) is 15.6 Å². The number of anilines is 1. The zero-order valence-corrected chi connectivity index (χ0v) is 21.4. The number of carbonyl (C=O) groups excluding carboxylic acids is 3. The molecule has 198 valence electrons. The van der Waals surface area contributed by atoms with Crippen molar-refractivity contribution in [3.8, 4) is 0 Å². The lowest BCUT2D eigenvalue weighted by atomic mass is 9.99. The molecule has 39 heavy (non-hydrogen) atoms. The maximum Gasteiger partial charge on any atom is 0.411 e. The summed E-state index contributed by atoms with van der Waals surface area (Å²) in [6.07, 6.45) is 2.30. The highest BCUT2D eigenvalue weighted by molar-refractivity contribution is 6.02. The van der Waals surface area contributed by atoms with Gasteiger partial charge in [-0.3, -0.25) is 19.5 Å². The van der Waals surface area contributed by atoms with E-state index in [0.29, 0.717) is 24.2 Å². The van der Waals surface area contributed by atoms with Gasteiger partial charge < -0.3 is 19.8 Å². The number of furan rings is 1.